The van der Waals surface area contributed by atoms with E-state index >= 15 is 0 Å². The Bertz CT molecular complexity index is 203. The van der Waals surface area contributed by atoms with Crippen LogP contribution in [0.2, 0.25) is 0 Å². The molecule has 0 radical (unpaired) electrons. The predicted molar refractivity (Wildman–Crippen MR) is 69.1 cm³/mol. The van der Waals surface area contributed by atoms with E-state index in [2.05, 4.69) is 28.6 Å². The molecule has 2 nitrogen and oxygen atoms in total. The maximum absolute atomic E-state index is 6.03. The van der Waals surface area contributed by atoms with Gasteiger partial charge in [0.1, 0.15) is 0 Å². The fourth-order valence-electron chi connectivity index (χ4n) is 2.55. The van der Waals surface area contributed by atoms with E-state index in [0.717, 1.165) is 11.9 Å². The van der Waals surface area contributed by atoms with Crippen LogP contribution in [0.5, 0.6) is 0 Å². The summed E-state index contributed by atoms with van der Waals surface area (Å²) in [7, 11) is 2.26. The fraction of sp³-hybridized carbons (Fsp3) is 1.00. The van der Waals surface area contributed by atoms with Crippen molar-refractivity contribution in [2.45, 2.75) is 24.9 Å². The predicted octanol–water partition coefficient (Wildman–Crippen LogP) is 1.74. The maximum Gasteiger partial charge on any atom is 0.0387 e. The van der Waals surface area contributed by atoms with E-state index in [1.54, 1.807) is 0 Å². The lowest BCUT2D eigenvalue weighted by atomic mass is 10.2. The SMILES string of the molecule is CN1CCCC1CN1CCSCC1CCl. The molecule has 15 heavy (non-hydrogen) atoms. The Morgan fingerprint density at radius 1 is 1.33 bits per heavy atom. The Balaban J connectivity index is 1.85. The Kier molecular flexibility index (Phi) is 4.62. The first-order valence-corrected chi connectivity index (χ1v) is 7.58. The minimum atomic E-state index is 0.611. The van der Waals surface area contributed by atoms with Crippen molar-refractivity contribution in [1.29, 1.82) is 0 Å². The van der Waals surface area contributed by atoms with Crippen LogP contribution >= 0.6 is 23.4 Å². The maximum atomic E-state index is 6.03. The van der Waals surface area contributed by atoms with E-state index in [4.69, 9.17) is 11.6 Å². The van der Waals surface area contributed by atoms with Gasteiger partial charge in [0.25, 0.3) is 0 Å². The lowest BCUT2D eigenvalue weighted by molar-refractivity contribution is 0.169. The molecule has 0 saturated carbocycles. The highest BCUT2D eigenvalue weighted by atomic mass is 35.5. The first-order valence-electron chi connectivity index (χ1n) is 5.89. The van der Waals surface area contributed by atoms with Gasteiger partial charge in [-0.25, -0.2) is 0 Å². The first kappa shape index (κ1) is 12.0. The van der Waals surface area contributed by atoms with E-state index < -0.39 is 0 Å². The lowest BCUT2D eigenvalue weighted by Gasteiger charge is -2.37. The number of likely N-dealkylation sites (N-methyl/N-ethyl adjacent to an activating group) is 1. The summed E-state index contributed by atoms with van der Waals surface area (Å²) in [5.74, 6) is 3.30. The third kappa shape index (κ3) is 3.02. The molecule has 2 rings (SSSR count). The highest BCUT2D eigenvalue weighted by Crippen LogP contribution is 2.21. The molecule has 2 fully saturated rings. The van der Waals surface area contributed by atoms with Crippen molar-refractivity contribution in [1.82, 2.24) is 9.80 Å². The second-order valence-corrected chi connectivity index (χ2v) is 6.11. The van der Waals surface area contributed by atoms with Crippen LogP contribution in [0.1, 0.15) is 12.8 Å². The molecule has 0 bridgehead atoms. The van der Waals surface area contributed by atoms with E-state index in [1.165, 1.54) is 44.0 Å². The van der Waals surface area contributed by atoms with Crippen LogP contribution in [0.3, 0.4) is 0 Å². The highest BCUT2D eigenvalue weighted by molar-refractivity contribution is 7.99. The Morgan fingerprint density at radius 2 is 2.20 bits per heavy atom. The monoisotopic (exact) mass is 248 g/mol. The van der Waals surface area contributed by atoms with Crippen molar-refractivity contribution in [2.24, 2.45) is 0 Å². The average Bonchev–Trinajstić information content (AvgIpc) is 2.65. The molecular formula is C11H21ClN2S. The average molecular weight is 249 g/mol. The van der Waals surface area contributed by atoms with Gasteiger partial charge in [0.15, 0.2) is 0 Å². The van der Waals surface area contributed by atoms with Crippen LogP contribution in [0.4, 0.5) is 0 Å². The molecule has 4 heteroatoms. The zero-order valence-corrected chi connectivity index (χ0v) is 11.1. The van der Waals surface area contributed by atoms with E-state index in [1.807, 2.05) is 0 Å². The van der Waals surface area contributed by atoms with Gasteiger partial charge >= 0.3 is 0 Å². The molecule has 0 amide bonds. The van der Waals surface area contributed by atoms with Crippen molar-refractivity contribution in [2.75, 3.05) is 44.1 Å². The second kappa shape index (κ2) is 5.76. The second-order valence-electron chi connectivity index (χ2n) is 4.65. The molecule has 0 spiro atoms. The number of thioether (sulfide) groups is 1. The summed E-state index contributed by atoms with van der Waals surface area (Å²) in [5, 5.41) is 0. The van der Waals surface area contributed by atoms with E-state index in [0.29, 0.717) is 6.04 Å². The number of halogens is 1. The molecule has 0 N–H and O–H groups in total. The third-order valence-electron chi connectivity index (χ3n) is 3.64. The van der Waals surface area contributed by atoms with Gasteiger partial charge in [0.05, 0.1) is 0 Å². The van der Waals surface area contributed by atoms with E-state index in [-0.39, 0.29) is 0 Å². The van der Waals surface area contributed by atoms with Crippen molar-refractivity contribution < 1.29 is 0 Å². The minimum absolute atomic E-state index is 0.611. The molecule has 2 unspecified atom stereocenters. The number of likely N-dealkylation sites (tertiary alicyclic amines) is 1. The third-order valence-corrected chi connectivity index (χ3v) is 5.09. The van der Waals surface area contributed by atoms with Crippen molar-refractivity contribution in [3.63, 3.8) is 0 Å². The summed E-state index contributed by atoms with van der Waals surface area (Å²) in [6.45, 7) is 3.74. The fourth-order valence-corrected chi connectivity index (χ4v) is 4.12. The molecule has 0 aromatic carbocycles. The quantitative estimate of drug-likeness (QED) is 0.703. The number of rotatable bonds is 3. The summed E-state index contributed by atoms with van der Waals surface area (Å²) in [5.41, 5.74) is 0. The van der Waals surface area contributed by atoms with Gasteiger partial charge in [-0.1, -0.05) is 0 Å². The lowest BCUT2D eigenvalue weighted by Crippen LogP contribution is -2.48. The van der Waals surface area contributed by atoms with Gasteiger partial charge in [-0.3, -0.25) is 4.90 Å². The van der Waals surface area contributed by atoms with Crippen molar-refractivity contribution in [3.8, 4) is 0 Å². The molecule has 0 aromatic rings. The summed E-state index contributed by atoms with van der Waals surface area (Å²) in [4.78, 5) is 5.11. The number of hydrogen-bond acceptors (Lipinski definition) is 3. The van der Waals surface area contributed by atoms with Crippen molar-refractivity contribution in [3.05, 3.63) is 0 Å². The molecule has 2 atom stereocenters. The standard InChI is InChI=1S/C11H21ClN2S/c1-13-4-2-3-10(13)8-14-5-6-15-9-11(14)7-12/h10-11H,2-9H2,1H3. The number of hydrogen-bond donors (Lipinski definition) is 0. The zero-order chi connectivity index (χ0) is 10.7. The smallest absolute Gasteiger partial charge is 0.0387 e. The van der Waals surface area contributed by atoms with Gasteiger partial charge in [0.2, 0.25) is 0 Å². The molecule has 88 valence electrons. The van der Waals surface area contributed by atoms with Crippen LogP contribution in [-0.4, -0.2) is 66.0 Å². The van der Waals surface area contributed by atoms with Gasteiger partial charge < -0.3 is 4.90 Å². The Labute approximate surface area is 102 Å². The molecule has 2 aliphatic heterocycles. The molecule has 2 saturated heterocycles. The summed E-state index contributed by atoms with van der Waals surface area (Å²) in [6.07, 6.45) is 2.74. The van der Waals surface area contributed by atoms with E-state index in [9.17, 15) is 0 Å². The molecular weight excluding hydrogens is 228 g/mol. The summed E-state index contributed by atoms with van der Waals surface area (Å²) >= 11 is 8.08. The Hall–Kier alpha value is 0.560. The number of nitrogens with zero attached hydrogens (tertiary/aromatic N) is 2. The van der Waals surface area contributed by atoms with Crippen LogP contribution < -0.4 is 0 Å². The molecule has 0 aliphatic carbocycles. The van der Waals surface area contributed by atoms with Gasteiger partial charge in [-0.15, -0.1) is 11.6 Å². The van der Waals surface area contributed by atoms with Gasteiger partial charge in [-0.2, -0.15) is 11.8 Å². The summed E-state index contributed by atoms with van der Waals surface area (Å²) < 4.78 is 0. The van der Waals surface area contributed by atoms with Crippen LogP contribution in [0, 0.1) is 0 Å². The van der Waals surface area contributed by atoms with Crippen LogP contribution in [-0.2, 0) is 0 Å². The molecule has 2 aliphatic rings. The normalized spacial score (nSPS) is 34.8. The molecule has 2 heterocycles. The first-order chi connectivity index (χ1) is 7.31. The number of alkyl halides is 1. The zero-order valence-electron chi connectivity index (χ0n) is 9.49. The van der Waals surface area contributed by atoms with Crippen LogP contribution in [0.25, 0.3) is 0 Å². The largest absolute Gasteiger partial charge is 0.302 e. The minimum Gasteiger partial charge on any atom is -0.302 e. The van der Waals surface area contributed by atoms with Crippen molar-refractivity contribution >= 4 is 23.4 Å². The topological polar surface area (TPSA) is 6.48 Å². The Morgan fingerprint density at radius 3 is 2.87 bits per heavy atom. The molecule has 0 aromatic heterocycles. The highest BCUT2D eigenvalue weighted by Gasteiger charge is 2.28. The van der Waals surface area contributed by atoms with Gasteiger partial charge in [0, 0.05) is 42.6 Å². The van der Waals surface area contributed by atoms with Gasteiger partial charge in [-0.05, 0) is 26.4 Å². The van der Waals surface area contributed by atoms with Crippen LogP contribution in [0.15, 0.2) is 0 Å². The summed E-state index contributed by atoms with van der Waals surface area (Å²) in [6, 6.07) is 1.39.